The molecule has 0 unspecified atom stereocenters. The maximum atomic E-state index is 4.97. The highest BCUT2D eigenvalue weighted by Gasteiger charge is 2.28. The first-order valence-electron chi connectivity index (χ1n) is 16.0. The van der Waals surface area contributed by atoms with Crippen molar-refractivity contribution in [2.45, 2.75) is 0 Å². The van der Waals surface area contributed by atoms with Crippen molar-refractivity contribution in [1.82, 2.24) is 59.8 Å². The molecule has 0 fully saturated rings. The van der Waals surface area contributed by atoms with E-state index >= 15 is 0 Å². The van der Waals surface area contributed by atoms with E-state index in [1.165, 1.54) is 25.3 Å². The third-order valence-corrected chi connectivity index (χ3v) is 7.84. The smallest absolute Gasteiger partial charge is 0.241 e. The Bertz CT molecular complexity index is 2030. The standard InChI is InChI=1S/C36H24N16/c1-5-13-25(14-6-1)49-29-37-21-39-31(45-29)50(26-15-7-2-8-16-26)33-41-23-43-35(47-33)52(28-19-11-4-12-20-28)36-44-24-42-34(48-36)51(27-17-9-3-10-18-27)32-40-22-38-30(49)46-32/h1-24H. The third-order valence-electron chi connectivity index (χ3n) is 7.84. The highest BCUT2D eigenvalue weighted by Crippen LogP contribution is 2.38. The molecule has 16 nitrogen and oxygen atoms in total. The van der Waals surface area contributed by atoms with Crippen LogP contribution >= 0.6 is 0 Å². The maximum absolute atomic E-state index is 4.97. The van der Waals surface area contributed by atoms with Crippen molar-refractivity contribution in [3.8, 4) is 0 Å². The van der Waals surface area contributed by atoms with Crippen molar-refractivity contribution in [3.05, 3.63) is 147 Å². The van der Waals surface area contributed by atoms with Gasteiger partial charge in [0.2, 0.25) is 47.6 Å². The molecule has 4 aromatic heterocycles. The topological polar surface area (TPSA) is 168 Å². The van der Waals surface area contributed by atoms with Crippen LogP contribution in [0.5, 0.6) is 0 Å². The van der Waals surface area contributed by atoms with Crippen LogP contribution in [-0.4, -0.2) is 59.8 Å². The van der Waals surface area contributed by atoms with E-state index in [-0.39, 0.29) is 47.6 Å². The van der Waals surface area contributed by atoms with Crippen molar-refractivity contribution in [2.75, 3.05) is 19.6 Å². The molecule has 0 radical (unpaired) electrons. The fraction of sp³-hybridized carbons (Fsp3) is 0. The number of benzene rings is 4. The van der Waals surface area contributed by atoms with Crippen LogP contribution in [0.15, 0.2) is 147 Å². The predicted octanol–water partition coefficient (Wildman–Crippen LogP) is 6.62. The Labute approximate surface area is 296 Å². The Kier molecular flexibility index (Phi) is 7.67. The summed E-state index contributed by atoms with van der Waals surface area (Å²) in [6.07, 6.45) is 5.69. The van der Waals surface area contributed by atoms with Crippen LogP contribution in [0.4, 0.5) is 70.3 Å². The van der Waals surface area contributed by atoms with E-state index in [1.807, 2.05) is 121 Å². The number of hydrogen-bond acceptors (Lipinski definition) is 16. The minimum Gasteiger partial charge on any atom is -0.246 e. The molecule has 0 saturated heterocycles. The Morgan fingerprint density at radius 2 is 0.404 bits per heavy atom. The lowest BCUT2D eigenvalue weighted by atomic mass is 10.3. The van der Waals surface area contributed by atoms with Crippen molar-refractivity contribution in [1.29, 1.82) is 0 Å². The molecule has 9 rings (SSSR count). The average Bonchev–Trinajstić information content (AvgIpc) is 3.21. The SMILES string of the molecule is c1ccc(N2c3ncnc(n3)N(c3ccccc3)c3ncnc(n3)N(c3ccccc3)c3ncnc(n3)N(c3ccccc3)c3ncnc2n3)cc1. The molecule has 1 aliphatic heterocycles. The summed E-state index contributed by atoms with van der Waals surface area (Å²) in [4.78, 5) is 63.5. The summed E-state index contributed by atoms with van der Waals surface area (Å²) >= 11 is 0. The van der Waals surface area contributed by atoms with Crippen molar-refractivity contribution < 1.29 is 0 Å². The second-order valence-electron chi connectivity index (χ2n) is 11.0. The van der Waals surface area contributed by atoms with Crippen LogP contribution in [0.2, 0.25) is 0 Å². The summed E-state index contributed by atoms with van der Waals surface area (Å²) in [5, 5.41) is 0. The number of rotatable bonds is 4. The molecule has 8 aromatic rings. The summed E-state index contributed by atoms with van der Waals surface area (Å²) in [5.41, 5.74) is 2.77. The number of anilines is 12. The molecule has 248 valence electrons. The van der Waals surface area contributed by atoms with E-state index in [0.717, 1.165) is 0 Å². The molecule has 1 aliphatic rings. The minimum atomic E-state index is 0.232. The first-order valence-corrected chi connectivity index (χ1v) is 16.0. The molecule has 52 heavy (non-hydrogen) atoms. The highest BCUT2D eigenvalue weighted by molar-refractivity contribution is 5.76. The third kappa shape index (κ3) is 5.67. The van der Waals surface area contributed by atoms with Crippen LogP contribution in [0, 0.1) is 0 Å². The van der Waals surface area contributed by atoms with Crippen LogP contribution in [0.25, 0.3) is 0 Å². The second-order valence-corrected chi connectivity index (χ2v) is 11.0. The minimum absolute atomic E-state index is 0.232. The molecule has 0 amide bonds. The number of fused-ring (bicyclic) bond motifs is 8. The molecule has 0 aliphatic carbocycles. The van der Waals surface area contributed by atoms with Gasteiger partial charge in [-0.05, 0) is 48.5 Å². The number of aromatic nitrogens is 12. The van der Waals surface area contributed by atoms with Crippen molar-refractivity contribution in [2.24, 2.45) is 0 Å². The Morgan fingerprint density at radius 3 is 0.577 bits per heavy atom. The van der Waals surface area contributed by atoms with E-state index in [1.54, 1.807) is 19.6 Å². The summed E-state index contributed by atoms with van der Waals surface area (Å²) < 4.78 is 0. The lowest BCUT2D eigenvalue weighted by molar-refractivity contribution is 0.891. The van der Waals surface area contributed by atoms with Gasteiger partial charge in [0, 0.05) is 0 Å². The fourth-order valence-electron chi connectivity index (χ4n) is 5.57. The van der Waals surface area contributed by atoms with Crippen LogP contribution in [0.3, 0.4) is 0 Å². The molecule has 0 saturated carbocycles. The lowest BCUT2D eigenvalue weighted by Crippen LogP contribution is -2.24. The van der Waals surface area contributed by atoms with Crippen LogP contribution in [0.1, 0.15) is 0 Å². The van der Waals surface area contributed by atoms with Gasteiger partial charge in [0.05, 0.1) is 22.7 Å². The molecule has 4 aromatic carbocycles. The average molecular weight is 681 g/mol. The van der Waals surface area contributed by atoms with Crippen LogP contribution in [-0.2, 0) is 0 Å². The van der Waals surface area contributed by atoms with Crippen molar-refractivity contribution >= 4 is 70.3 Å². The van der Waals surface area contributed by atoms with Gasteiger partial charge in [0.15, 0.2) is 0 Å². The van der Waals surface area contributed by atoms with Gasteiger partial charge >= 0.3 is 0 Å². The van der Waals surface area contributed by atoms with E-state index < -0.39 is 0 Å². The fourth-order valence-corrected chi connectivity index (χ4v) is 5.57. The van der Waals surface area contributed by atoms with E-state index in [0.29, 0.717) is 22.7 Å². The number of para-hydroxylation sites is 4. The number of hydrogen-bond donors (Lipinski definition) is 0. The van der Waals surface area contributed by atoms with Gasteiger partial charge < -0.3 is 0 Å². The molecule has 0 atom stereocenters. The zero-order valence-electron chi connectivity index (χ0n) is 27.0. The normalized spacial score (nSPS) is 12.5. The first-order chi connectivity index (χ1) is 25.8. The molecule has 16 heteroatoms. The van der Waals surface area contributed by atoms with Gasteiger partial charge in [-0.3, -0.25) is 0 Å². The van der Waals surface area contributed by atoms with Gasteiger partial charge in [-0.1, -0.05) is 72.8 Å². The zero-order valence-corrected chi connectivity index (χ0v) is 27.0. The van der Waals surface area contributed by atoms with Gasteiger partial charge in [0.1, 0.15) is 25.3 Å². The predicted molar refractivity (Wildman–Crippen MR) is 192 cm³/mol. The van der Waals surface area contributed by atoms with Gasteiger partial charge in [-0.2, -0.15) is 19.9 Å². The van der Waals surface area contributed by atoms with E-state index in [2.05, 4.69) is 39.9 Å². The van der Waals surface area contributed by atoms with E-state index in [4.69, 9.17) is 19.9 Å². The first kappa shape index (κ1) is 30.2. The summed E-state index contributed by atoms with van der Waals surface area (Å²) in [7, 11) is 0. The Hall–Kier alpha value is -7.88. The van der Waals surface area contributed by atoms with E-state index in [9.17, 15) is 0 Å². The maximum Gasteiger partial charge on any atom is 0.241 e. The number of nitrogens with zero attached hydrogens (tertiary/aromatic N) is 16. The quantitative estimate of drug-likeness (QED) is 0.194. The molecule has 0 N–H and O–H groups in total. The summed E-state index contributed by atoms with van der Waals surface area (Å²) in [6.45, 7) is 0. The van der Waals surface area contributed by atoms with Crippen molar-refractivity contribution in [3.63, 3.8) is 0 Å². The summed E-state index contributed by atoms with van der Waals surface area (Å²) in [6, 6.07) is 38.2. The van der Waals surface area contributed by atoms with Gasteiger partial charge in [-0.25, -0.2) is 59.5 Å². The monoisotopic (exact) mass is 680 g/mol. The zero-order chi connectivity index (χ0) is 34.7. The van der Waals surface area contributed by atoms with Gasteiger partial charge in [-0.15, -0.1) is 0 Å². The molecule has 8 bridgehead atoms. The highest BCUT2D eigenvalue weighted by atomic mass is 15.5. The van der Waals surface area contributed by atoms with Gasteiger partial charge in [0.25, 0.3) is 0 Å². The molecule has 5 heterocycles. The Morgan fingerprint density at radius 1 is 0.231 bits per heavy atom. The largest absolute Gasteiger partial charge is 0.246 e. The Balaban J connectivity index is 1.36. The summed E-state index contributed by atoms with van der Waals surface area (Å²) in [5.74, 6) is 1.85. The second kappa shape index (κ2) is 13.2. The molecule has 0 spiro atoms. The van der Waals surface area contributed by atoms with Crippen LogP contribution < -0.4 is 19.6 Å². The molecular formula is C36H24N16. The molecular weight excluding hydrogens is 657 g/mol. The lowest BCUT2D eigenvalue weighted by Gasteiger charge is -2.27.